The molecule has 8 nitrogen and oxygen atoms in total. The average Bonchev–Trinajstić information content (AvgIpc) is 2.97. The summed E-state index contributed by atoms with van der Waals surface area (Å²) in [6, 6.07) is 4.75. The summed E-state index contributed by atoms with van der Waals surface area (Å²) in [6.07, 6.45) is 4.60. The Morgan fingerprint density at radius 2 is 2.00 bits per heavy atom. The van der Waals surface area contributed by atoms with Gasteiger partial charge in [0.25, 0.3) is 5.91 Å². The molecule has 1 unspecified atom stereocenters. The van der Waals surface area contributed by atoms with Crippen LogP contribution in [0.4, 0.5) is 0 Å². The SMILES string of the molecule is CCC(NC(=O)CCCCCNC(=O)c1c(C)nc2ccccn12)C(=O)O. The molecule has 1 atom stereocenters. The lowest BCUT2D eigenvalue weighted by Gasteiger charge is -2.12. The van der Waals surface area contributed by atoms with Gasteiger partial charge < -0.3 is 15.7 Å². The molecule has 0 saturated carbocycles. The average molecular weight is 374 g/mol. The van der Waals surface area contributed by atoms with Crippen molar-refractivity contribution < 1.29 is 19.5 Å². The number of imidazole rings is 1. The summed E-state index contributed by atoms with van der Waals surface area (Å²) >= 11 is 0. The van der Waals surface area contributed by atoms with Crippen molar-refractivity contribution in [2.75, 3.05) is 6.54 Å². The van der Waals surface area contributed by atoms with E-state index in [0.29, 0.717) is 30.8 Å². The van der Waals surface area contributed by atoms with Crippen molar-refractivity contribution in [3.05, 3.63) is 35.8 Å². The van der Waals surface area contributed by atoms with Crippen LogP contribution in [-0.2, 0) is 9.59 Å². The maximum Gasteiger partial charge on any atom is 0.326 e. The summed E-state index contributed by atoms with van der Waals surface area (Å²) in [7, 11) is 0. The first kappa shape index (κ1) is 20.4. The Hall–Kier alpha value is -2.90. The first-order valence-corrected chi connectivity index (χ1v) is 9.18. The number of nitrogens with zero attached hydrogens (tertiary/aromatic N) is 2. The maximum absolute atomic E-state index is 12.4. The molecule has 0 aromatic carbocycles. The third-order valence-electron chi connectivity index (χ3n) is 4.33. The maximum atomic E-state index is 12.4. The van der Waals surface area contributed by atoms with E-state index in [-0.39, 0.29) is 18.2 Å². The van der Waals surface area contributed by atoms with E-state index >= 15 is 0 Å². The van der Waals surface area contributed by atoms with Crippen LogP contribution >= 0.6 is 0 Å². The van der Waals surface area contributed by atoms with Gasteiger partial charge in [0.15, 0.2) is 0 Å². The fourth-order valence-electron chi connectivity index (χ4n) is 2.86. The number of carbonyl (C=O) groups excluding carboxylic acids is 2. The minimum absolute atomic E-state index is 0.170. The molecule has 0 fully saturated rings. The molecule has 2 heterocycles. The van der Waals surface area contributed by atoms with Crippen molar-refractivity contribution in [3.8, 4) is 0 Å². The molecule has 0 aliphatic carbocycles. The molecule has 0 spiro atoms. The molecular weight excluding hydrogens is 348 g/mol. The molecule has 146 valence electrons. The number of nitrogens with one attached hydrogen (secondary N) is 2. The standard InChI is InChI=1S/C19H26N4O4/c1-3-14(19(26)27)22-16(24)10-5-4-7-11-20-18(25)17-13(2)21-15-9-6-8-12-23(15)17/h6,8-9,12,14H,3-5,7,10-11H2,1-2H3,(H,20,25)(H,22,24)(H,26,27). The Bertz CT molecular complexity index is 815. The van der Waals surface area contributed by atoms with Gasteiger partial charge in [-0.05, 0) is 38.3 Å². The highest BCUT2D eigenvalue weighted by Crippen LogP contribution is 2.11. The molecule has 3 N–H and O–H groups in total. The topological polar surface area (TPSA) is 113 Å². The van der Waals surface area contributed by atoms with Crippen LogP contribution in [-0.4, -0.2) is 44.9 Å². The minimum Gasteiger partial charge on any atom is -0.480 e. The first-order chi connectivity index (χ1) is 12.9. The zero-order valence-corrected chi connectivity index (χ0v) is 15.7. The molecule has 2 aromatic heterocycles. The number of hydrogen-bond donors (Lipinski definition) is 3. The normalized spacial score (nSPS) is 11.9. The van der Waals surface area contributed by atoms with Crippen LogP contribution in [0.25, 0.3) is 5.65 Å². The van der Waals surface area contributed by atoms with Gasteiger partial charge in [0, 0.05) is 19.2 Å². The van der Waals surface area contributed by atoms with Crippen molar-refractivity contribution in [1.29, 1.82) is 0 Å². The summed E-state index contributed by atoms with van der Waals surface area (Å²) in [5.41, 5.74) is 1.95. The molecule has 0 bridgehead atoms. The van der Waals surface area contributed by atoms with Crippen LogP contribution in [0.3, 0.4) is 0 Å². The lowest BCUT2D eigenvalue weighted by Crippen LogP contribution is -2.40. The van der Waals surface area contributed by atoms with E-state index in [9.17, 15) is 14.4 Å². The molecule has 8 heteroatoms. The molecule has 0 aliphatic rings. The van der Waals surface area contributed by atoms with Crippen molar-refractivity contribution in [2.24, 2.45) is 0 Å². The van der Waals surface area contributed by atoms with Crippen LogP contribution in [0.2, 0.25) is 0 Å². The van der Waals surface area contributed by atoms with Crippen LogP contribution in [0.5, 0.6) is 0 Å². The van der Waals surface area contributed by atoms with Crippen molar-refractivity contribution in [2.45, 2.75) is 52.0 Å². The molecule has 0 aliphatic heterocycles. The Morgan fingerprint density at radius 3 is 2.70 bits per heavy atom. The van der Waals surface area contributed by atoms with E-state index in [1.165, 1.54) is 0 Å². The van der Waals surface area contributed by atoms with Gasteiger partial charge in [0.2, 0.25) is 5.91 Å². The number of hydrogen-bond acceptors (Lipinski definition) is 4. The van der Waals surface area contributed by atoms with Crippen LogP contribution in [0, 0.1) is 6.92 Å². The summed E-state index contributed by atoms with van der Waals surface area (Å²) < 4.78 is 1.77. The van der Waals surface area contributed by atoms with Crippen molar-refractivity contribution >= 4 is 23.4 Å². The summed E-state index contributed by atoms with van der Waals surface area (Å²) in [6.45, 7) is 4.03. The van der Waals surface area contributed by atoms with Crippen molar-refractivity contribution in [3.63, 3.8) is 0 Å². The molecule has 2 rings (SSSR count). The van der Waals surface area contributed by atoms with Crippen LogP contribution in [0.1, 0.15) is 55.2 Å². The fraction of sp³-hybridized carbons (Fsp3) is 0.474. The van der Waals surface area contributed by atoms with E-state index in [0.717, 1.165) is 18.5 Å². The van der Waals surface area contributed by atoms with Gasteiger partial charge in [-0.25, -0.2) is 9.78 Å². The van der Waals surface area contributed by atoms with E-state index in [2.05, 4.69) is 15.6 Å². The first-order valence-electron chi connectivity index (χ1n) is 9.18. The highest BCUT2D eigenvalue weighted by atomic mass is 16.4. The van der Waals surface area contributed by atoms with E-state index in [1.54, 1.807) is 18.2 Å². The number of fused-ring (bicyclic) bond motifs is 1. The van der Waals surface area contributed by atoms with Gasteiger partial charge in [-0.3, -0.25) is 14.0 Å². The number of carboxylic acid groups (broad SMARTS) is 1. The van der Waals surface area contributed by atoms with Gasteiger partial charge in [0.05, 0.1) is 5.69 Å². The lowest BCUT2D eigenvalue weighted by atomic mass is 10.1. The zero-order valence-electron chi connectivity index (χ0n) is 15.7. The monoisotopic (exact) mass is 374 g/mol. The van der Waals surface area contributed by atoms with Crippen LogP contribution in [0.15, 0.2) is 24.4 Å². The van der Waals surface area contributed by atoms with Gasteiger partial charge in [-0.1, -0.05) is 19.4 Å². The lowest BCUT2D eigenvalue weighted by molar-refractivity contribution is -0.141. The predicted octanol–water partition coefficient (Wildman–Crippen LogP) is 1.91. The van der Waals surface area contributed by atoms with Gasteiger partial charge in [0.1, 0.15) is 17.4 Å². The Balaban J connectivity index is 1.69. The quantitative estimate of drug-likeness (QED) is 0.550. The highest BCUT2D eigenvalue weighted by Gasteiger charge is 2.17. The number of aromatic nitrogens is 2. The Morgan fingerprint density at radius 1 is 1.22 bits per heavy atom. The van der Waals surface area contributed by atoms with E-state index < -0.39 is 12.0 Å². The fourth-order valence-corrected chi connectivity index (χ4v) is 2.86. The number of carbonyl (C=O) groups is 3. The van der Waals surface area contributed by atoms with E-state index in [1.807, 2.05) is 24.4 Å². The van der Waals surface area contributed by atoms with Gasteiger partial charge in [-0.15, -0.1) is 0 Å². The Kier molecular flexibility index (Phi) is 7.34. The molecular formula is C19H26N4O4. The third kappa shape index (κ3) is 5.54. The minimum atomic E-state index is -1.02. The molecule has 0 radical (unpaired) electrons. The van der Waals surface area contributed by atoms with Gasteiger partial charge >= 0.3 is 5.97 Å². The second kappa shape index (κ2) is 9.70. The predicted molar refractivity (Wildman–Crippen MR) is 101 cm³/mol. The largest absolute Gasteiger partial charge is 0.480 e. The summed E-state index contributed by atoms with van der Waals surface area (Å²) in [4.78, 5) is 39.4. The molecule has 2 aromatic rings. The van der Waals surface area contributed by atoms with Gasteiger partial charge in [-0.2, -0.15) is 0 Å². The van der Waals surface area contributed by atoms with E-state index in [4.69, 9.17) is 5.11 Å². The number of aliphatic carboxylic acids is 1. The molecule has 27 heavy (non-hydrogen) atoms. The van der Waals surface area contributed by atoms with Crippen molar-refractivity contribution in [1.82, 2.24) is 20.0 Å². The number of carboxylic acids is 1. The third-order valence-corrected chi connectivity index (χ3v) is 4.33. The second-order valence-electron chi connectivity index (χ2n) is 6.41. The summed E-state index contributed by atoms with van der Waals surface area (Å²) in [5.74, 6) is -1.44. The number of pyridine rings is 1. The second-order valence-corrected chi connectivity index (χ2v) is 6.41. The zero-order chi connectivity index (χ0) is 19.8. The van der Waals surface area contributed by atoms with Crippen LogP contribution < -0.4 is 10.6 Å². The highest BCUT2D eigenvalue weighted by molar-refractivity contribution is 5.94. The smallest absolute Gasteiger partial charge is 0.326 e. The number of unbranched alkanes of at least 4 members (excludes halogenated alkanes) is 2. The Labute approximate surface area is 158 Å². The number of amides is 2. The molecule has 0 saturated heterocycles. The molecule has 2 amide bonds. The number of aryl methyl sites for hydroxylation is 1. The summed E-state index contributed by atoms with van der Waals surface area (Å²) in [5, 5.41) is 14.3. The number of rotatable bonds is 10.